The molecule has 0 aliphatic heterocycles. The second kappa shape index (κ2) is 3.90. The van der Waals surface area contributed by atoms with E-state index >= 15 is 0 Å². The van der Waals surface area contributed by atoms with Crippen LogP contribution in [-0.4, -0.2) is 9.97 Å². The van der Waals surface area contributed by atoms with Crippen molar-refractivity contribution in [1.82, 2.24) is 9.97 Å². The number of aromatic nitrogens is 2. The van der Waals surface area contributed by atoms with Gasteiger partial charge in [0.05, 0.1) is 0 Å². The van der Waals surface area contributed by atoms with Crippen LogP contribution in [0.5, 0.6) is 0 Å². The van der Waals surface area contributed by atoms with Gasteiger partial charge in [-0.2, -0.15) is 0 Å². The molecule has 2 nitrogen and oxygen atoms in total. The van der Waals surface area contributed by atoms with Gasteiger partial charge in [0.25, 0.3) is 0 Å². The third-order valence-corrected chi connectivity index (χ3v) is 2.11. The fraction of sp³-hybridized carbons (Fsp3) is 0. The van der Waals surface area contributed by atoms with Crippen LogP contribution in [-0.2, 0) is 0 Å². The van der Waals surface area contributed by atoms with E-state index in [4.69, 9.17) is 11.6 Å². The first-order chi connectivity index (χ1) is 7.18. The van der Waals surface area contributed by atoms with Gasteiger partial charge in [0, 0.05) is 5.56 Å². The zero-order valence-corrected chi connectivity index (χ0v) is 8.17. The lowest BCUT2D eigenvalue weighted by Gasteiger charge is -2.02. The fourth-order valence-electron chi connectivity index (χ4n) is 1.19. The molecule has 0 N–H and O–H groups in total. The third-order valence-electron chi connectivity index (χ3n) is 1.84. The summed E-state index contributed by atoms with van der Waals surface area (Å²) >= 11 is 5.48. The zero-order chi connectivity index (χ0) is 10.8. The van der Waals surface area contributed by atoms with E-state index in [1.54, 1.807) is 6.07 Å². The van der Waals surface area contributed by atoms with Gasteiger partial charge in [0.15, 0.2) is 11.0 Å². The predicted molar refractivity (Wildman–Crippen MR) is 52.4 cm³/mol. The quantitative estimate of drug-likeness (QED) is 0.699. The molecule has 0 saturated heterocycles. The lowest BCUT2D eigenvalue weighted by atomic mass is 10.1. The maximum absolute atomic E-state index is 13.4. The molecule has 1 heterocycles. The number of hydrogen-bond acceptors (Lipinski definition) is 2. The van der Waals surface area contributed by atoms with Crippen LogP contribution in [0.2, 0.25) is 5.15 Å². The van der Waals surface area contributed by atoms with Crippen molar-refractivity contribution in [2.24, 2.45) is 0 Å². The van der Waals surface area contributed by atoms with E-state index in [-0.39, 0.29) is 10.8 Å². The molecule has 0 bridgehead atoms. The standard InChI is InChI=1S/C10H5ClF2N2/c11-10-8(13)9(14-5-15-10)6-2-1-3-7(12)4-6/h1-5H. The van der Waals surface area contributed by atoms with Gasteiger partial charge < -0.3 is 0 Å². The second-order valence-corrected chi connectivity index (χ2v) is 3.20. The maximum atomic E-state index is 13.4. The molecule has 0 fully saturated rings. The highest BCUT2D eigenvalue weighted by molar-refractivity contribution is 6.29. The van der Waals surface area contributed by atoms with Crippen molar-refractivity contribution in [3.63, 3.8) is 0 Å². The number of rotatable bonds is 1. The minimum atomic E-state index is -0.746. The Hall–Kier alpha value is -1.55. The molecule has 2 aromatic rings. The van der Waals surface area contributed by atoms with Crippen molar-refractivity contribution in [2.75, 3.05) is 0 Å². The lowest BCUT2D eigenvalue weighted by molar-refractivity contribution is 0.616. The summed E-state index contributed by atoms with van der Waals surface area (Å²) in [5.41, 5.74) is 0.325. The van der Waals surface area contributed by atoms with Crippen LogP contribution in [0.3, 0.4) is 0 Å². The molecule has 15 heavy (non-hydrogen) atoms. The number of benzene rings is 1. The Morgan fingerprint density at radius 3 is 2.67 bits per heavy atom. The molecule has 0 saturated carbocycles. The van der Waals surface area contributed by atoms with Crippen molar-refractivity contribution in [2.45, 2.75) is 0 Å². The topological polar surface area (TPSA) is 25.8 Å². The summed E-state index contributed by atoms with van der Waals surface area (Å²) < 4.78 is 26.3. The molecule has 0 amide bonds. The van der Waals surface area contributed by atoms with Crippen molar-refractivity contribution >= 4 is 11.6 Å². The highest BCUT2D eigenvalue weighted by Gasteiger charge is 2.11. The second-order valence-electron chi connectivity index (χ2n) is 2.84. The summed E-state index contributed by atoms with van der Waals surface area (Å²) in [5, 5.41) is -0.274. The maximum Gasteiger partial charge on any atom is 0.186 e. The Labute approximate surface area is 89.6 Å². The molecular formula is C10H5ClF2N2. The Bertz CT molecular complexity index is 503. The van der Waals surface area contributed by atoms with Gasteiger partial charge in [0.1, 0.15) is 17.8 Å². The first kappa shape index (κ1) is 9.98. The van der Waals surface area contributed by atoms with E-state index in [0.29, 0.717) is 5.56 Å². The van der Waals surface area contributed by atoms with E-state index in [1.165, 1.54) is 18.2 Å². The minimum Gasteiger partial charge on any atom is -0.233 e. The summed E-state index contributed by atoms with van der Waals surface area (Å²) in [4.78, 5) is 7.19. The largest absolute Gasteiger partial charge is 0.233 e. The Morgan fingerprint density at radius 1 is 1.13 bits per heavy atom. The van der Waals surface area contributed by atoms with Crippen molar-refractivity contribution in [3.8, 4) is 11.3 Å². The first-order valence-corrected chi connectivity index (χ1v) is 4.48. The molecule has 5 heteroatoms. The van der Waals surface area contributed by atoms with Crippen LogP contribution in [0, 0.1) is 11.6 Å². The van der Waals surface area contributed by atoms with Crippen LogP contribution in [0.15, 0.2) is 30.6 Å². The van der Waals surface area contributed by atoms with E-state index in [2.05, 4.69) is 9.97 Å². The van der Waals surface area contributed by atoms with Crippen LogP contribution >= 0.6 is 11.6 Å². The number of nitrogens with zero attached hydrogens (tertiary/aromatic N) is 2. The highest BCUT2D eigenvalue weighted by atomic mass is 35.5. The molecule has 0 radical (unpaired) electrons. The first-order valence-electron chi connectivity index (χ1n) is 4.10. The molecule has 2 rings (SSSR count). The van der Waals surface area contributed by atoms with Crippen LogP contribution in [0.1, 0.15) is 0 Å². The van der Waals surface area contributed by atoms with Crippen LogP contribution < -0.4 is 0 Å². The molecular weight excluding hydrogens is 222 g/mol. The van der Waals surface area contributed by atoms with Crippen LogP contribution in [0.25, 0.3) is 11.3 Å². The van der Waals surface area contributed by atoms with E-state index < -0.39 is 11.6 Å². The fourth-order valence-corrected chi connectivity index (χ4v) is 1.32. The Morgan fingerprint density at radius 2 is 1.93 bits per heavy atom. The van der Waals surface area contributed by atoms with E-state index in [9.17, 15) is 8.78 Å². The zero-order valence-electron chi connectivity index (χ0n) is 7.42. The number of hydrogen-bond donors (Lipinski definition) is 0. The van der Waals surface area contributed by atoms with Gasteiger partial charge in [-0.05, 0) is 12.1 Å². The summed E-state index contributed by atoms with van der Waals surface area (Å²) in [6.07, 6.45) is 1.13. The predicted octanol–water partition coefficient (Wildman–Crippen LogP) is 3.08. The molecule has 0 aliphatic rings. The molecule has 76 valence electrons. The van der Waals surface area contributed by atoms with Gasteiger partial charge in [-0.15, -0.1) is 0 Å². The lowest BCUT2D eigenvalue weighted by Crippen LogP contribution is -1.93. The minimum absolute atomic E-state index is 0.00509. The van der Waals surface area contributed by atoms with Gasteiger partial charge in [-0.25, -0.2) is 18.7 Å². The van der Waals surface area contributed by atoms with Gasteiger partial charge in [-0.1, -0.05) is 23.7 Å². The SMILES string of the molecule is Fc1cccc(-c2ncnc(Cl)c2F)c1. The van der Waals surface area contributed by atoms with Crippen LogP contribution in [0.4, 0.5) is 8.78 Å². The molecule has 0 atom stereocenters. The Kier molecular flexibility index (Phi) is 2.60. The average molecular weight is 227 g/mol. The van der Waals surface area contributed by atoms with Gasteiger partial charge in [-0.3, -0.25) is 0 Å². The molecule has 1 aromatic heterocycles. The van der Waals surface area contributed by atoms with Crippen molar-refractivity contribution < 1.29 is 8.78 Å². The molecule has 1 aromatic carbocycles. The number of halogens is 3. The van der Waals surface area contributed by atoms with E-state index in [1.807, 2.05) is 0 Å². The molecule has 0 unspecified atom stereocenters. The summed E-state index contributed by atoms with van der Waals surface area (Å²) in [5.74, 6) is -1.20. The Balaban J connectivity index is 2.59. The average Bonchev–Trinajstić information content (AvgIpc) is 2.22. The molecule has 0 aliphatic carbocycles. The van der Waals surface area contributed by atoms with Gasteiger partial charge in [0.2, 0.25) is 0 Å². The third kappa shape index (κ3) is 1.94. The monoisotopic (exact) mass is 226 g/mol. The summed E-state index contributed by atoms with van der Waals surface area (Å²) in [6, 6.07) is 5.47. The molecule has 0 spiro atoms. The smallest absolute Gasteiger partial charge is 0.186 e. The van der Waals surface area contributed by atoms with Gasteiger partial charge >= 0.3 is 0 Å². The highest BCUT2D eigenvalue weighted by Crippen LogP contribution is 2.23. The van der Waals surface area contributed by atoms with Crippen molar-refractivity contribution in [3.05, 3.63) is 47.4 Å². The normalized spacial score (nSPS) is 10.3. The van der Waals surface area contributed by atoms with Crippen molar-refractivity contribution in [1.29, 1.82) is 0 Å². The summed E-state index contributed by atoms with van der Waals surface area (Å²) in [6.45, 7) is 0. The van der Waals surface area contributed by atoms with E-state index in [0.717, 1.165) is 6.33 Å². The summed E-state index contributed by atoms with van der Waals surface area (Å²) in [7, 11) is 0.